The average molecular weight is 243 g/mol. The molecular weight excluding hydrogens is 228 g/mol. The molecule has 72 valence electrons. The Hall–Kier alpha value is -0.540. The Bertz CT molecular complexity index is 286. The third-order valence-corrected chi connectivity index (χ3v) is 2.77. The second-order valence-corrected chi connectivity index (χ2v) is 4.04. The molecule has 0 aromatic heterocycles. The summed E-state index contributed by atoms with van der Waals surface area (Å²) in [5, 5.41) is 0. The Kier molecular flexibility index (Phi) is 3.75. The van der Waals surface area contributed by atoms with Crippen LogP contribution in [-0.4, -0.2) is 18.5 Å². The van der Waals surface area contributed by atoms with Crippen LogP contribution in [0.3, 0.4) is 0 Å². The summed E-state index contributed by atoms with van der Waals surface area (Å²) in [7, 11) is 2.10. The van der Waals surface area contributed by atoms with E-state index >= 15 is 0 Å². The van der Waals surface area contributed by atoms with E-state index in [1.54, 1.807) is 0 Å². The number of benzene rings is 1. The summed E-state index contributed by atoms with van der Waals surface area (Å²) in [6, 6.07) is 6.09. The highest BCUT2D eigenvalue weighted by Crippen LogP contribution is 2.20. The van der Waals surface area contributed by atoms with E-state index in [1.807, 2.05) is 12.1 Å². The van der Waals surface area contributed by atoms with Crippen molar-refractivity contribution < 1.29 is 0 Å². The largest absolute Gasteiger partial charge is 0.398 e. The molecule has 0 spiro atoms. The van der Waals surface area contributed by atoms with Crippen molar-refractivity contribution in [3.8, 4) is 0 Å². The smallest absolute Gasteiger partial charge is 0.0461 e. The Morgan fingerprint density at radius 1 is 1.46 bits per heavy atom. The predicted octanol–water partition coefficient (Wildman–Crippen LogP) is 2.48. The summed E-state index contributed by atoms with van der Waals surface area (Å²) < 4.78 is 0.968. The van der Waals surface area contributed by atoms with Gasteiger partial charge in [0.1, 0.15) is 0 Å². The molecular formula is C10H15BrN2. The molecule has 0 saturated heterocycles. The molecule has 0 aliphatic heterocycles. The van der Waals surface area contributed by atoms with Crippen molar-refractivity contribution in [2.45, 2.75) is 13.5 Å². The normalized spacial score (nSPS) is 10.8. The van der Waals surface area contributed by atoms with Crippen LogP contribution in [0.4, 0.5) is 5.69 Å². The van der Waals surface area contributed by atoms with Gasteiger partial charge >= 0.3 is 0 Å². The van der Waals surface area contributed by atoms with Crippen molar-refractivity contribution in [2.75, 3.05) is 19.3 Å². The van der Waals surface area contributed by atoms with E-state index in [9.17, 15) is 0 Å². The van der Waals surface area contributed by atoms with Crippen molar-refractivity contribution in [3.63, 3.8) is 0 Å². The first-order chi connectivity index (χ1) is 6.13. The third-order valence-electron chi connectivity index (χ3n) is 2.05. The van der Waals surface area contributed by atoms with Gasteiger partial charge in [-0.3, -0.25) is 0 Å². The number of nitrogens with zero attached hydrogens (tertiary/aromatic N) is 1. The molecule has 0 bridgehead atoms. The summed E-state index contributed by atoms with van der Waals surface area (Å²) in [5.74, 6) is 0. The molecule has 0 saturated carbocycles. The van der Waals surface area contributed by atoms with Gasteiger partial charge in [-0.15, -0.1) is 0 Å². The minimum absolute atomic E-state index is 0.807. The lowest BCUT2D eigenvalue weighted by Gasteiger charge is -2.14. The fraction of sp³-hybridized carbons (Fsp3) is 0.400. The zero-order valence-electron chi connectivity index (χ0n) is 8.05. The van der Waals surface area contributed by atoms with E-state index in [-0.39, 0.29) is 0 Å². The Labute approximate surface area is 87.9 Å². The van der Waals surface area contributed by atoms with Crippen LogP contribution in [0.5, 0.6) is 0 Å². The highest BCUT2D eigenvalue weighted by atomic mass is 79.9. The molecule has 0 aliphatic rings. The van der Waals surface area contributed by atoms with Crippen LogP contribution < -0.4 is 5.73 Å². The standard InChI is InChI=1S/C10H15BrN2/c1-3-13(2)7-8-4-5-9(11)10(12)6-8/h4-6H,3,7,12H2,1-2H3. The van der Waals surface area contributed by atoms with Gasteiger partial charge in [-0.2, -0.15) is 0 Å². The van der Waals surface area contributed by atoms with E-state index in [4.69, 9.17) is 5.73 Å². The van der Waals surface area contributed by atoms with Crippen LogP contribution in [0.2, 0.25) is 0 Å². The van der Waals surface area contributed by atoms with Gasteiger partial charge < -0.3 is 10.6 Å². The van der Waals surface area contributed by atoms with Crippen LogP contribution in [0.15, 0.2) is 22.7 Å². The van der Waals surface area contributed by atoms with Gasteiger partial charge in [0.05, 0.1) is 0 Å². The molecule has 0 radical (unpaired) electrons. The summed E-state index contributed by atoms with van der Waals surface area (Å²) >= 11 is 3.37. The van der Waals surface area contributed by atoms with Gasteiger partial charge in [0, 0.05) is 16.7 Å². The van der Waals surface area contributed by atoms with E-state index in [0.29, 0.717) is 0 Å². The van der Waals surface area contributed by atoms with E-state index in [1.165, 1.54) is 5.56 Å². The SMILES string of the molecule is CCN(C)Cc1ccc(Br)c(N)c1. The maximum absolute atomic E-state index is 5.77. The Morgan fingerprint density at radius 3 is 2.69 bits per heavy atom. The fourth-order valence-corrected chi connectivity index (χ4v) is 1.36. The van der Waals surface area contributed by atoms with Crippen LogP contribution in [0.25, 0.3) is 0 Å². The molecule has 1 rings (SSSR count). The monoisotopic (exact) mass is 242 g/mol. The van der Waals surface area contributed by atoms with Gasteiger partial charge in [0.25, 0.3) is 0 Å². The van der Waals surface area contributed by atoms with Crippen molar-refractivity contribution in [3.05, 3.63) is 28.2 Å². The molecule has 1 aromatic rings. The van der Waals surface area contributed by atoms with Gasteiger partial charge in [-0.05, 0) is 47.2 Å². The number of nitrogen functional groups attached to an aromatic ring is 1. The maximum Gasteiger partial charge on any atom is 0.0461 e. The summed E-state index contributed by atoms with van der Waals surface area (Å²) in [4.78, 5) is 2.24. The number of rotatable bonds is 3. The van der Waals surface area contributed by atoms with Gasteiger partial charge in [0.2, 0.25) is 0 Å². The highest BCUT2D eigenvalue weighted by Gasteiger charge is 2.00. The average Bonchev–Trinajstić information content (AvgIpc) is 2.11. The number of nitrogens with two attached hydrogens (primary N) is 1. The molecule has 0 atom stereocenters. The lowest BCUT2D eigenvalue weighted by Crippen LogP contribution is -2.16. The van der Waals surface area contributed by atoms with E-state index < -0.39 is 0 Å². The lowest BCUT2D eigenvalue weighted by molar-refractivity contribution is 0.346. The minimum atomic E-state index is 0.807. The summed E-state index contributed by atoms with van der Waals surface area (Å²) in [6.45, 7) is 4.15. The van der Waals surface area contributed by atoms with Gasteiger partial charge in [-0.1, -0.05) is 13.0 Å². The number of halogens is 1. The van der Waals surface area contributed by atoms with Crippen molar-refractivity contribution in [2.24, 2.45) is 0 Å². The Balaban J connectivity index is 2.73. The molecule has 0 heterocycles. The summed E-state index contributed by atoms with van der Waals surface area (Å²) in [6.07, 6.45) is 0. The summed E-state index contributed by atoms with van der Waals surface area (Å²) in [5.41, 5.74) is 7.83. The molecule has 3 heteroatoms. The maximum atomic E-state index is 5.77. The van der Waals surface area contributed by atoms with Gasteiger partial charge in [-0.25, -0.2) is 0 Å². The van der Waals surface area contributed by atoms with Crippen molar-refractivity contribution in [1.29, 1.82) is 0 Å². The van der Waals surface area contributed by atoms with Crippen LogP contribution in [0.1, 0.15) is 12.5 Å². The number of anilines is 1. The number of hydrogen-bond acceptors (Lipinski definition) is 2. The second-order valence-electron chi connectivity index (χ2n) is 3.19. The molecule has 2 nitrogen and oxygen atoms in total. The number of hydrogen-bond donors (Lipinski definition) is 1. The Morgan fingerprint density at radius 2 is 2.15 bits per heavy atom. The topological polar surface area (TPSA) is 29.3 Å². The first-order valence-corrected chi connectivity index (χ1v) is 5.15. The lowest BCUT2D eigenvalue weighted by atomic mass is 10.2. The molecule has 0 fully saturated rings. The zero-order valence-corrected chi connectivity index (χ0v) is 9.63. The van der Waals surface area contributed by atoms with Crippen LogP contribution in [0, 0.1) is 0 Å². The van der Waals surface area contributed by atoms with Crippen LogP contribution in [-0.2, 0) is 6.54 Å². The molecule has 0 aliphatic carbocycles. The molecule has 0 amide bonds. The first kappa shape index (κ1) is 10.5. The van der Waals surface area contributed by atoms with Gasteiger partial charge in [0.15, 0.2) is 0 Å². The highest BCUT2D eigenvalue weighted by molar-refractivity contribution is 9.10. The first-order valence-electron chi connectivity index (χ1n) is 4.36. The zero-order chi connectivity index (χ0) is 9.84. The molecule has 13 heavy (non-hydrogen) atoms. The van der Waals surface area contributed by atoms with Crippen molar-refractivity contribution >= 4 is 21.6 Å². The van der Waals surface area contributed by atoms with Crippen LogP contribution >= 0.6 is 15.9 Å². The van der Waals surface area contributed by atoms with Crippen molar-refractivity contribution in [1.82, 2.24) is 4.90 Å². The predicted molar refractivity (Wildman–Crippen MR) is 60.6 cm³/mol. The molecule has 2 N–H and O–H groups in total. The molecule has 0 unspecified atom stereocenters. The van der Waals surface area contributed by atoms with E-state index in [0.717, 1.165) is 23.2 Å². The quantitative estimate of drug-likeness (QED) is 0.826. The fourth-order valence-electron chi connectivity index (χ4n) is 1.12. The van der Waals surface area contributed by atoms with E-state index in [2.05, 4.69) is 40.9 Å². The minimum Gasteiger partial charge on any atom is -0.398 e. The second kappa shape index (κ2) is 4.63. The molecule has 1 aromatic carbocycles. The third kappa shape index (κ3) is 3.01.